The minimum absolute atomic E-state index is 0.0466. The van der Waals surface area contributed by atoms with Crippen LogP contribution in [0, 0.1) is 0 Å². The maximum Gasteiger partial charge on any atom is 0.238 e. The van der Waals surface area contributed by atoms with E-state index in [1.807, 2.05) is 6.92 Å². The Morgan fingerprint density at radius 1 is 1.14 bits per heavy atom. The summed E-state index contributed by atoms with van der Waals surface area (Å²) in [5.41, 5.74) is 0.790. The van der Waals surface area contributed by atoms with Crippen LogP contribution in [0.2, 0.25) is 0 Å². The van der Waals surface area contributed by atoms with Crippen LogP contribution in [0.25, 0.3) is 0 Å². The van der Waals surface area contributed by atoms with Gasteiger partial charge in [0.2, 0.25) is 15.9 Å². The lowest BCUT2D eigenvalue weighted by molar-refractivity contribution is -0.122. The van der Waals surface area contributed by atoms with Gasteiger partial charge in [0.05, 0.1) is 24.7 Å². The third kappa shape index (κ3) is 7.51. The highest BCUT2D eigenvalue weighted by Crippen LogP contribution is 2.08. The van der Waals surface area contributed by atoms with E-state index in [1.165, 1.54) is 12.1 Å². The molecule has 0 saturated carbocycles. The van der Waals surface area contributed by atoms with Crippen LogP contribution in [0.15, 0.2) is 29.2 Å². The molecule has 0 heterocycles. The zero-order valence-corrected chi connectivity index (χ0v) is 13.4. The molecule has 1 aromatic carbocycles. The van der Waals surface area contributed by atoms with Crippen LogP contribution in [0.1, 0.15) is 18.9 Å². The Kier molecular flexibility index (Phi) is 8.03. The van der Waals surface area contributed by atoms with Crippen molar-refractivity contribution in [3.05, 3.63) is 29.8 Å². The van der Waals surface area contributed by atoms with Crippen LogP contribution in [-0.2, 0) is 30.8 Å². The SMILES string of the molecule is CCOCCOCCC(=O)NCc1ccc(S(N)(=O)=O)cc1. The van der Waals surface area contributed by atoms with Crippen LogP contribution >= 0.6 is 0 Å². The number of hydrogen-bond acceptors (Lipinski definition) is 5. The summed E-state index contributed by atoms with van der Waals surface area (Å²) in [6.07, 6.45) is 0.265. The van der Waals surface area contributed by atoms with Crippen molar-refractivity contribution in [1.29, 1.82) is 0 Å². The van der Waals surface area contributed by atoms with Crippen LogP contribution in [0.3, 0.4) is 0 Å². The number of primary sulfonamides is 1. The smallest absolute Gasteiger partial charge is 0.238 e. The Morgan fingerprint density at radius 3 is 2.36 bits per heavy atom. The third-order valence-electron chi connectivity index (χ3n) is 2.79. The molecule has 0 fully saturated rings. The minimum Gasteiger partial charge on any atom is -0.379 e. The van der Waals surface area contributed by atoms with Gasteiger partial charge in [0.15, 0.2) is 0 Å². The second-order valence-electron chi connectivity index (χ2n) is 4.52. The van der Waals surface area contributed by atoms with E-state index < -0.39 is 10.0 Å². The first-order valence-electron chi connectivity index (χ1n) is 6.97. The maximum absolute atomic E-state index is 11.6. The van der Waals surface area contributed by atoms with E-state index in [4.69, 9.17) is 14.6 Å². The average Bonchev–Trinajstić information content (AvgIpc) is 2.48. The van der Waals surface area contributed by atoms with Crippen molar-refractivity contribution >= 4 is 15.9 Å². The number of hydrogen-bond donors (Lipinski definition) is 2. The summed E-state index contributed by atoms with van der Waals surface area (Å²) in [5, 5.41) is 7.74. The summed E-state index contributed by atoms with van der Waals surface area (Å²) < 4.78 is 32.6. The summed E-state index contributed by atoms with van der Waals surface area (Å²) in [5.74, 6) is -0.132. The number of nitrogens with two attached hydrogens (primary N) is 1. The van der Waals surface area contributed by atoms with E-state index >= 15 is 0 Å². The quantitative estimate of drug-likeness (QED) is 0.604. The van der Waals surface area contributed by atoms with Gasteiger partial charge < -0.3 is 14.8 Å². The Hall–Kier alpha value is -1.48. The lowest BCUT2D eigenvalue weighted by atomic mass is 10.2. The number of carbonyl (C=O) groups is 1. The maximum atomic E-state index is 11.6. The molecule has 124 valence electrons. The summed E-state index contributed by atoms with van der Waals surface area (Å²) in [6, 6.07) is 6.04. The predicted molar refractivity (Wildman–Crippen MR) is 81.6 cm³/mol. The van der Waals surface area contributed by atoms with E-state index in [0.717, 1.165) is 5.56 Å². The van der Waals surface area contributed by atoms with Crippen molar-refractivity contribution in [3.63, 3.8) is 0 Å². The third-order valence-corrected chi connectivity index (χ3v) is 3.72. The van der Waals surface area contributed by atoms with Gasteiger partial charge in [-0.3, -0.25) is 4.79 Å². The van der Waals surface area contributed by atoms with E-state index in [0.29, 0.717) is 33.0 Å². The molecule has 0 aromatic heterocycles. The average molecular weight is 330 g/mol. The molecule has 8 heteroatoms. The molecule has 0 aliphatic carbocycles. The van der Waals surface area contributed by atoms with Gasteiger partial charge in [0, 0.05) is 19.6 Å². The number of benzene rings is 1. The van der Waals surface area contributed by atoms with Crippen LogP contribution in [0.5, 0.6) is 0 Å². The molecule has 22 heavy (non-hydrogen) atoms. The molecule has 1 rings (SSSR count). The Balaban J connectivity index is 2.24. The van der Waals surface area contributed by atoms with Crippen molar-refractivity contribution < 1.29 is 22.7 Å². The molecule has 3 N–H and O–H groups in total. The second-order valence-corrected chi connectivity index (χ2v) is 6.09. The normalized spacial score (nSPS) is 11.4. The number of rotatable bonds is 10. The van der Waals surface area contributed by atoms with E-state index in [9.17, 15) is 13.2 Å². The fourth-order valence-electron chi connectivity index (χ4n) is 1.62. The molecule has 0 unspecified atom stereocenters. The van der Waals surface area contributed by atoms with Crippen LogP contribution in [0.4, 0.5) is 0 Å². The number of sulfonamides is 1. The number of carbonyl (C=O) groups excluding carboxylic acids is 1. The molecule has 0 saturated heterocycles. The zero-order chi connectivity index (χ0) is 16.4. The van der Waals surface area contributed by atoms with Gasteiger partial charge in [-0.2, -0.15) is 0 Å². The van der Waals surface area contributed by atoms with Crippen molar-refractivity contribution in [1.82, 2.24) is 5.32 Å². The van der Waals surface area contributed by atoms with Crippen LogP contribution < -0.4 is 10.5 Å². The topological polar surface area (TPSA) is 108 Å². The van der Waals surface area contributed by atoms with Crippen molar-refractivity contribution in [2.75, 3.05) is 26.4 Å². The van der Waals surface area contributed by atoms with Crippen LogP contribution in [-0.4, -0.2) is 40.8 Å². The standard InChI is InChI=1S/C14H22N2O5S/c1-2-20-9-10-21-8-7-14(17)16-11-12-3-5-13(6-4-12)22(15,18)19/h3-6H,2,7-11H2,1H3,(H,16,17)(H2,15,18,19). The van der Waals surface area contributed by atoms with Gasteiger partial charge in [-0.25, -0.2) is 13.6 Å². The molecule has 0 spiro atoms. The van der Waals surface area contributed by atoms with Gasteiger partial charge in [-0.1, -0.05) is 12.1 Å². The van der Waals surface area contributed by atoms with E-state index in [2.05, 4.69) is 5.32 Å². The monoisotopic (exact) mass is 330 g/mol. The first kappa shape index (κ1) is 18.6. The minimum atomic E-state index is -3.69. The van der Waals surface area contributed by atoms with E-state index in [-0.39, 0.29) is 17.2 Å². The summed E-state index contributed by atoms with van der Waals surface area (Å²) in [6.45, 7) is 4.20. The number of nitrogens with one attached hydrogen (secondary N) is 1. The second kappa shape index (κ2) is 9.52. The number of ether oxygens (including phenoxy) is 2. The van der Waals surface area contributed by atoms with Crippen molar-refractivity contribution in [2.45, 2.75) is 24.8 Å². The highest BCUT2D eigenvalue weighted by molar-refractivity contribution is 7.89. The fraction of sp³-hybridized carbons (Fsp3) is 0.500. The molecule has 0 radical (unpaired) electrons. The van der Waals surface area contributed by atoms with Crippen molar-refractivity contribution in [2.24, 2.45) is 5.14 Å². The molecule has 7 nitrogen and oxygen atoms in total. The molecular weight excluding hydrogens is 308 g/mol. The highest BCUT2D eigenvalue weighted by Gasteiger charge is 2.07. The molecular formula is C14H22N2O5S. The Labute approximate surface area is 130 Å². The summed E-state index contributed by atoms with van der Waals surface area (Å²) in [4.78, 5) is 11.6. The van der Waals surface area contributed by atoms with Gasteiger partial charge in [0.25, 0.3) is 0 Å². The molecule has 0 aliphatic rings. The Bertz CT molecular complexity index is 557. The lowest BCUT2D eigenvalue weighted by Gasteiger charge is -2.07. The fourth-order valence-corrected chi connectivity index (χ4v) is 2.13. The largest absolute Gasteiger partial charge is 0.379 e. The van der Waals surface area contributed by atoms with Gasteiger partial charge in [0.1, 0.15) is 0 Å². The summed E-state index contributed by atoms with van der Waals surface area (Å²) in [7, 11) is -3.69. The zero-order valence-electron chi connectivity index (χ0n) is 12.6. The summed E-state index contributed by atoms with van der Waals surface area (Å²) >= 11 is 0. The molecule has 0 aliphatic heterocycles. The van der Waals surface area contributed by atoms with Gasteiger partial charge in [-0.15, -0.1) is 0 Å². The first-order chi connectivity index (χ1) is 10.4. The molecule has 0 atom stereocenters. The van der Waals surface area contributed by atoms with E-state index in [1.54, 1.807) is 12.1 Å². The van der Waals surface area contributed by atoms with Crippen molar-refractivity contribution in [3.8, 4) is 0 Å². The number of amides is 1. The molecule has 1 amide bonds. The first-order valence-corrected chi connectivity index (χ1v) is 8.52. The molecule has 1 aromatic rings. The highest BCUT2D eigenvalue weighted by atomic mass is 32.2. The van der Waals surface area contributed by atoms with Gasteiger partial charge >= 0.3 is 0 Å². The predicted octanol–water partition coefficient (Wildman–Crippen LogP) is 0.393. The molecule has 0 bridgehead atoms. The lowest BCUT2D eigenvalue weighted by Crippen LogP contribution is -2.24. The Morgan fingerprint density at radius 2 is 1.77 bits per heavy atom. The van der Waals surface area contributed by atoms with Gasteiger partial charge in [-0.05, 0) is 24.6 Å².